The minimum absolute atomic E-state index is 0.0641. The number of carbonyl (C=O) groups is 1. The first-order valence-corrected chi connectivity index (χ1v) is 6.44. The first kappa shape index (κ1) is 14.2. The lowest BCUT2D eigenvalue weighted by atomic mass is 10.0. The molecular formula is C13H15ClFNO3. The molecule has 1 fully saturated rings. The highest BCUT2D eigenvalue weighted by Crippen LogP contribution is 2.31. The summed E-state index contributed by atoms with van der Waals surface area (Å²) in [5.41, 5.74) is 0.646. The van der Waals surface area contributed by atoms with E-state index in [0.717, 1.165) is 0 Å². The minimum Gasteiger partial charge on any atom is -0.481 e. The van der Waals surface area contributed by atoms with Gasteiger partial charge in [0, 0.05) is 24.2 Å². The number of carboxylic acids is 1. The van der Waals surface area contributed by atoms with E-state index in [0.29, 0.717) is 31.9 Å². The van der Waals surface area contributed by atoms with Crippen LogP contribution in [0.15, 0.2) is 18.2 Å². The van der Waals surface area contributed by atoms with Gasteiger partial charge in [0.1, 0.15) is 5.82 Å². The molecule has 0 spiro atoms. The van der Waals surface area contributed by atoms with Gasteiger partial charge in [0.05, 0.1) is 19.6 Å². The molecule has 1 aliphatic heterocycles. The Kier molecular flexibility index (Phi) is 4.74. The number of hydrogen-bond acceptors (Lipinski definition) is 3. The van der Waals surface area contributed by atoms with E-state index in [2.05, 4.69) is 0 Å². The average Bonchev–Trinajstić information content (AvgIpc) is 2.37. The maximum absolute atomic E-state index is 13.1. The zero-order valence-corrected chi connectivity index (χ0v) is 11.1. The Balaban J connectivity index is 2.27. The van der Waals surface area contributed by atoms with Crippen molar-refractivity contribution >= 4 is 17.6 Å². The van der Waals surface area contributed by atoms with Crippen LogP contribution >= 0.6 is 11.6 Å². The predicted octanol–water partition coefficient (Wildman–Crippen LogP) is 2.33. The Morgan fingerprint density at radius 1 is 1.47 bits per heavy atom. The minimum atomic E-state index is -0.906. The van der Waals surface area contributed by atoms with Crippen molar-refractivity contribution < 1.29 is 19.0 Å². The summed E-state index contributed by atoms with van der Waals surface area (Å²) in [6, 6.07) is 3.72. The van der Waals surface area contributed by atoms with Crippen molar-refractivity contribution in [3.8, 4) is 0 Å². The molecule has 0 amide bonds. The third kappa shape index (κ3) is 3.65. The van der Waals surface area contributed by atoms with Crippen LogP contribution in [-0.2, 0) is 9.53 Å². The molecule has 4 nitrogen and oxygen atoms in total. The van der Waals surface area contributed by atoms with Gasteiger partial charge in [-0.15, -0.1) is 0 Å². The quantitative estimate of drug-likeness (QED) is 0.923. The van der Waals surface area contributed by atoms with Crippen LogP contribution in [0.3, 0.4) is 0 Å². The van der Waals surface area contributed by atoms with Crippen LogP contribution in [0.4, 0.5) is 4.39 Å². The topological polar surface area (TPSA) is 49.8 Å². The van der Waals surface area contributed by atoms with Gasteiger partial charge in [0.15, 0.2) is 0 Å². The smallest absolute Gasteiger partial charge is 0.305 e. The zero-order valence-electron chi connectivity index (χ0n) is 10.3. The van der Waals surface area contributed by atoms with Crippen molar-refractivity contribution in [2.75, 3.05) is 26.3 Å². The molecule has 104 valence electrons. The monoisotopic (exact) mass is 287 g/mol. The van der Waals surface area contributed by atoms with E-state index >= 15 is 0 Å². The fraction of sp³-hybridized carbons (Fsp3) is 0.462. The Morgan fingerprint density at radius 2 is 2.16 bits per heavy atom. The summed E-state index contributed by atoms with van der Waals surface area (Å²) >= 11 is 6.04. The average molecular weight is 288 g/mol. The third-order valence-electron chi connectivity index (χ3n) is 3.18. The number of aliphatic carboxylic acids is 1. The first-order chi connectivity index (χ1) is 9.08. The molecule has 0 bridgehead atoms. The second-order valence-electron chi connectivity index (χ2n) is 4.43. The lowest BCUT2D eigenvalue weighted by Crippen LogP contribution is -2.40. The van der Waals surface area contributed by atoms with Crippen molar-refractivity contribution in [1.82, 2.24) is 4.90 Å². The van der Waals surface area contributed by atoms with Crippen LogP contribution < -0.4 is 0 Å². The molecule has 0 aromatic heterocycles. The predicted molar refractivity (Wildman–Crippen MR) is 68.8 cm³/mol. The molecule has 19 heavy (non-hydrogen) atoms. The van der Waals surface area contributed by atoms with Gasteiger partial charge in [-0.3, -0.25) is 9.69 Å². The number of rotatable bonds is 4. The SMILES string of the molecule is O=C(O)CC(c1ccc(F)cc1Cl)N1CCOCC1. The highest BCUT2D eigenvalue weighted by atomic mass is 35.5. The normalized spacial score (nSPS) is 18.2. The Hall–Kier alpha value is -1.17. The van der Waals surface area contributed by atoms with Crippen molar-refractivity contribution in [2.45, 2.75) is 12.5 Å². The number of halogens is 2. The number of ether oxygens (including phenoxy) is 1. The van der Waals surface area contributed by atoms with E-state index < -0.39 is 11.8 Å². The zero-order chi connectivity index (χ0) is 13.8. The fourth-order valence-corrected chi connectivity index (χ4v) is 2.56. The van der Waals surface area contributed by atoms with Crippen LogP contribution in [0.5, 0.6) is 0 Å². The Bertz CT molecular complexity index is 463. The van der Waals surface area contributed by atoms with Crippen molar-refractivity contribution in [3.05, 3.63) is 34.6 Å². The van der Waals surface area contributed by atoms with Crippen LogP contribution in [0.25, 0.3) is 0 Å². The largest absolute Gasteiger partial charge is 0.481 e. The summed E-state index contributed by atoms with van der Waals surface area (Å²) in [6.45, 7) is 2.42. The number of hydrogen-bond donors (Lipinski definition) is 1. The van der Waals surface area contributed by atoms with Gasteiger partial charge in [-0.05, 0) is 17.7 Å². The summed E-state index contributed by atoms with van der Waals surface area (Å²) in [6.07, 6.45) is -0.0641. The second kappa shape index (κ2) is 6.32. The molecule has 1 heterocycles. The van der Waals surface area contributed by atoms with Gasteiger partial charge in [-0.25, -0.2) is 4.39 Å². The number of carboxylic acid groups (broad SMARTS) is 1. The highest BCUT2D eigenvalue weighted by Gasteiger charge is 2.26. The molecule has 1 aromatic carbocycles. The molecule has 0 radical (unpaired) electrons. The van der Waals surface area contributed by atoms with Crippen LogP contribution in [0.1, 0.15) is 18.0 Å². The van der Waals surface area contributed by atoms with E-state index in [9.17, 15) is 9.18 Å². The maximum atomic E-state index is 13.1. The lowest BCUT2D eigenvalue weighted by molar-refractivity contribution is -0.139. The van der Waals surface area contributed by atoms with E-state index in [1.807, 2.05) is 4.90 Å². The van der Waals surface area contributed by atoms with Crippen LogP contribution in [0.2, 0.25) is 5.02 Å². The van der Waals surface area contributed by atoms with Crippen molar-refractivity contribution in [2.24, 2.45) is 0 Å². The fourth-order valence-electron chi connectivity index (χ4n) is 2.26. The molecule has 1 saturated heterocycles. The standard InChI is InChI=1S/C13H15ClFNO3/c14-11-7-9(15)1-2-10(11)12(8-13(17)18)16-3-5-19-6-4-16/h1-2,7,12H,3-6,8H2,(H,17,18). The first-order valence-electron chi connectivity index (χ1n) is 6.06. The van der Waals surface area contributed by atoms with Gasteiger partial charge < -0.3 is 9.84 Å². The molecular weight excluding hydrogens is 273 g/mol. The summed E-state index contributed by atoms with van der Waals surface area (Å²) in [4.78, 5) is 13.0. The second-order valence-corrected chi connectivity index (χ2v) is 4.84. The van der Waals surface area contributed by atoms with Crippen molar-refractivity contribution in [3.63, 3.8) is 0 Å². The summed E-state index contributed by atoms with van der Waals surface area (Å²) < 4.78 is 18.3. The molecule has 1 aliphatic rings. The van der Waals surface area contributed by atoms with Gasteiger partial charge in [-0.1, -0.05) is 17.7 Å². The lowest BCUT2D eigenvalue weighted by Gasteiger charge is -2.34. The third-order valence-corrected chi connectivity index (χ3v) is 3.50. The summed E-state index contributed by atoms with van der Waals surface area (Å²) in [7, 11) is 0. The molecule has 1 unspecified atom stereocenters. The highest BCUT2D eigenvalue weighted by molar-refractivity contribution is 6.31. The molecule has 6 heteroatoms. The Labute approximate surface area is 115 Å². The molecule has 0 aliphatic carbocycles. The molecule has 0 saturated carbocycles. The molecule has 2 rings (SSSR count). The molecule has 1 aromatic rings. The van der Waals surface area contributed by atoms with Crippen LogP contribution in [-0.4, -0.2) is 42.3 Å². The van der Waals surface area contributed by atoms with Gasteiger partial charge in [0.2, 0.25) is 0 Å². The van der Waals surface area contributed by atoms with Gasteiger partial charge in [-0.2, -0.15) is 0 Å². The van der Waals surface area contributed by atoms with E-state index in [1.54, 1.807) is 6.07 Å². The van der Waals surface area contributed by atoms with E-state index in [4.69, 9.17) is 21.4 Å². The maximum Gasteiger partial charge on any atom is 0.305 e. The van der Waals surface area contributed by atoms with Crippen LogP contribution in [0, 0.1) is 5.82 Å². The summed E-state index contributed by atoms with van der Waals surface area (Å²) in [5.74, 6) is -1.33. The number of benzene rings is 1. The van der Waals surface area contributed by atoms with Gasteiger partial charge >= 0.3 is 5.97 Å². The van der Waals surface area contributed by atoms with Gasteiger partial charge in [0.25, 0.3) is 0 Å². The number of morpholine rings is 1. The molecule has 1 atom stereocenters. The Morgan fingerprint density at radius 3 is 2.74 bits per heavy atom. The summed E-state index contributed by atoms with van der Waals surface area (Å²) in [5, 5.41) is 9.31. The van der Waals surface area contributed by atoms with Crippen molar-refractivity contribution in [1.29, 1.82) is 0 Å². The van der Waals surface area contributed by atoms with E-state index in [-0.39, 0.29) is 17.5 Å². The number of nitrogens with zero attached hydrogens (tertiary/aromatic N) is 1. The van der Waals surface area contributed by atoms with E-state index in [1.165, 1.54) is 12.1 Å². The molecule has 1 N–H and O–H groups in total.